The maximum atomic E-state index is 13.2. The third kappa shape index (κ3) is 3.17. The number of aromatic amines is 1. The van der Waals surface area contributed by atoms with Gasteiger partial charge >= 0.3 is 0 Å². The molecule has 1 aromatic heterocycles. The summed E-state index contributed by atoms with van der Waals surface area (Å²) in [6.45, 7) is 1.66. The van der Waals surface area contributed by atoms with Crippen molar-refractivity contribution >= 4 is 5.91 Å². The molecule has 0 fully saturated rings. The van der Waals surface area contributed by atoms with Crippen molar-refractivity contribution in [2.24, 2.45) is 0 Å². The summed E-state index contributed by atoms with van der Waals surface area (Å²) in [5, 5.41) is 11.4. The van der Waals surface area contributed by atoms with Crippen molar-refractivity contribution in [3.8, 4) is 6.07 Å². The Hall–Kier alpha value is -3.01. The molecule has 2 N–H and O–H groups in total. The van der Waals surface area contributed by atoms with Crippen LogP contribution in [0.1, 0.15) is 27.7 Å². The third-order valence-corrected chi connectivity index (χ3v) is 2.98. The Labute approximate surface area is 124 Å². The van der Waals surface area contributed by atoms with Gasteiger partial charge in [0.15, 0.2) is 17.1 Å². The number of carbonyl (C=O) groups excluding carboxylic acids is 1. The topological polar surface area (TPSA) is 85.8 Å². The number of pyridine rings is 1. The average Bonchev–Trinajstić information content (AvgIpc) is 2.47. The molecule has 0 aliphatic carbocycles. The van der Waals surface area contributed by atoms with Crippen LogP contribution in [0.25, 0.3) is 0 Å². The van der Waals surface area contributed by atoms with E-state index in [2.05, 4.69) is 10.3 Å². The Bertz CT molecular complexity index is 824. The normalized spacial score (nSPS) is 11.5. The van der Waals surface area contributed by atoms with Gasteiger partial charge in [0.2, 0.25) is 0 Å². The molecule has 0 spiro atoms. The second-order valence-electron chi connectivity index (χ2n) is 4.60. The van der Waals surface area contributed by atoms with E-state index >= 15 is 0 Å². The standard InChI is InChI=1S/C15H11F2N3O2/c1-8-4-14(21)10(7-19-8)15(22)20-13(6-18)9-2-3-11(16)12(17)5-9/h2-5,7,13H,1H3,(H,19,21)(H,20,22)/t13-/m0/s1. The van der Waals surface area contributed by atoms with E-state index in [1.165, 1.54) is 18.3 Å². The van der Waals surface area contributed by atoms with Gasteiger partial charge in [-0.15, -0.1) is 0 Å². The molecule has 0 bridgehead atoms. The number of aromatic nitrogens is 1. The predicted molar refractivity (Wildman–Crippen MR) is 74.0 cm³/mol. The lowest BCUT2D eigenvalue weighted by atomic mass is 10.1. The third-order valence-electron chi connectivity index (χ3n) is 2.98. The molecule has 1 aromatic carbocycles. The van der Waals surface area contributed by atoms with Crippen LogP contribution in [-0.4, -0.2) is 10.9 Å². The van der Waals surface area contributed by atoms with Crippen molar-refractivity contribution in [1.82, 2.24) is 10.3 Å². The van der Waals surface area contributed by atoms with Gasteiger partial charge < -0.3 is 10.3 Å². The van der Waals surface area contributed by atoms with Gasteiger partial charge in [0.05, 0.1) is 6.07 Å². The van der Waals surface area contributed by atoms with Crippen molar-refractivity contribution in [2.75, 3.05) is 0 Å². The van der Waals surface area contributed by atoms with E-state index in [0.717, 1.165) is 12.1 Å². The number of hydrogen-bond acceptors (Lipinski definition) is 3. The van der Waals surface area contributed by atoms with Gasteiger partial charge in [-0.2, -0.15) is 5.26 Å². The molecule has 1 amide bonds. The number of H-pyrrole nitrogens is 1. The Balaban J connectivity index is 2.26. The van der Waals surface area contributed by atoms with Crippen LogP contribution in [0.3, 0.4) is 0 Å². The quantitative estimate of drug-likeness (QED) is 0.908. The summed E-state index contributed by atoms with van der Waals surface area (Å²) in [5.74, 6) is -2.96. The van der Waals surface area contributed by atoms with Crippen molar-refractivity contribution in [1.29, 1.82) is 5.26 Å². The number of aryl methyl sites for hydroxylation is 1. The number of nitriles is 1. The van der Waals surface area contributed by atoms with Gasteiger partial charge in [0.25, 0.3) is 5.91 Å². The highest BCUT2D eigenvalue weighted by atomic mass is 19.2. The predicted octanol–water partition coefficient (Wildman–Crippen LogP) is 1.96. The van der Waals surface area contributed by atoms with Gasteiger partial charge in [-0.25, -0.2) is 8.78 Å². The van der Waals surface area contributed by atoms with Crippen LogP contribution in [0.2, 0.25) is 0 Å². The molecule has 0 aliphatic heterocycles. The van der Waals surface area contributed by atoms with Crippen LogP contribution in [0, 0.1) is 29.9 Å². The highest BCUT2D eigenvalue weighted by Crippen LogP contribution is 2.16. The lowest BCUT2D eigenvalue weighted by Gasteiger charge is -2.12. The smallest absolute Gasteiger partial charge is 0.258 e. The van der Waals surface area contributed by atoms with Gasteiger partial charge in [0.1, 0.15) is 11.6 Å². The van der Waals surface area contributed by atoms with Crippen LogP contribution < -0.4 is 10.7 Å². The molecule has 0 aliphatic rings. The van der Waals surface area contributed by atoms with E-state index in [0.29, 0.717) is 5.69 Å². The molecule has 7 heteroatoms. The number of amides is 1. The number of benzene rings is 1. The molecule has 0 saturated carbocycles. The summed E-state index contributed by atoms with van der Waals surface area (Å²) in [7, 11) is 0. The second kappa shape index (κ2) is 6.18. The fourth-order valence-corrected chi connectivity index (χ4v) is 1.84. The van der Waals surface area contributed by atoms with E-state index < -0.39 is 29.0 Å². The lowest BCUT2D eigenvalue weighted by molar-refractivity contribution is 0.0943. The van der Waals surface area contributed by atoms with Crippen molar-refractivity contribution in [2.45, 2.75) is 13.0 Å². The summed E-state index contributed by atoms with van der Waals surface area (Å²) in [6.07, 6.45) is 1.23. The minimum absolute atomic E-state index is 0.0818. The maximum absolute atomic E-state index is 13.2. The number of halogens is 2. The highest BCUT2D eigenvalue weighted by Gasteiger charge is 2.18. The van der Waals surface area contributed by atoms with Crippen LogP contribution in [0.4, 0.5) is 8.78 Å². The van der Waals surface area contributed by atoms with Gasteiger partial charge in [-0.3, -0.25) is 9.59 Å². The molecular formula is C15H11F2N3O2. The summed E-state index contributed by atoms with van der Waals surface area (Å²) in [5.41, 5.74) is -0.0126. The number of hydrogen-bond donors (Lipinski definition) is 2. The van der Waals surface area contributed by atoms with E-state index in [4.69, 9.17) is 5.26 Å². The molecule has 1 atom stereocenters. The molecule has 2 aromatic rings. The molecule has 22 heavy (non-hydrogen) atoms. The summed E-state index contributed by atoms with van der Waals surface area (Å²) in [4.78, 5) is 26.5. The zero-order valence-corrected chi connectivity index (χ0v) is 11.5. The highest BCUT2D eigenvalue weighted by molar-refractivity contribution is 5.94. The second-order valence-corrected chi connectivity index (χ2v) is 4.60. The maximum Gasteiger partial charge on any atom is 0.258 e. The fraction of sp³-hybridized carbons (Fsp3) is 0.133. The van der Waals surface area contributed by atoms with Crippen LogP contribution >= 0.6 is 0 Å². The van der Waals surface area contributed by atoms with Crippen LogP contribution in [-0.2, 0) is 0 Å². The molecule has 0 saturated heterocycles. The van der Waals surface area contributed by atoms with E-state index in [1.807, 2.05) is 0 Å². The molecule has 5 nitrogen and oxygen atoms in total. The molecule has 1 heterocycles. The first-order chi connectivity index (χ1) is 10.4. The van der Waals surface area contributed by atoms with Crippen LogP contribution in [0.5, 0.6) is 0 Å². The number of rotatable bonds is 3. The monoisotopic (exact) mass is 303 g/mol. The Kier molecular flexibility index (Phi) is 4.32. The van der Waals surface area contributed by atoms with Gasteiger partial charge in [-0.05, 0) is 24.6 Å². The number of nitrogens with one attached hydrogen (secondary N) is 2. The molecule has 112 valence electrons. The number of carbonyl (C=O) groups is 1. The number of nitrogens with zero attached hydrogens (tertiary/aromatic N) is 1. The summed E-state index contributed by atoms with van der Waals surface area (Å²) in [6, 6.07) is 4.67. The van der Waals surface area contributed by atoms with Crippen molar-refractivity contribution in [3.05, 3.63) is 69.1 Å². The largest absolute Gasteiger partial charge is 0.364 e. The van der Waals surface area contributed by atoms with E-state index in [1.54, 1.807) is 13.0 Å². The molecular weight excluding hydrogens is 292 g/mol. The minimum Gasteiger partial charge on any atom is -0.364 e. The first kappa shape index (κ1) is 15.4. The summed E-state index contributed by atoms with van der Waals surface area (Å²) >= 11 is 0. The zero-order chi connectivity index (χ0) is 16.3. The fourth-order valence-electron chi connectivity index (χ4n) is 1.84. The first-order valence-corrected chi connectivity index (χ1v) is 6.27. The van der Waals surface area contributed by atoms with Crippen LogP contribution in [0.15, 0.2) is 35.3 Å². The van der Waals surface area contributed by atoms with Crippen molar-refractivity contribution in [3.63, 3.8) is 0 Å². The average molecular weight is 303 g/mol. The van der Waals surface area contributed by atoms with E-state index in [9.17, 15) is 18.4 Å². The SMILES string of the molecule is Cc1cc(=O)c(C(=O)N[C@@H](C#N)c2ccc(F)c(F)c2)c[nH]1. The first-order valence-electron chi connectivity index (χ1n) is 6.27. The van der Waals surface area contributed by atoms with Crippen molar-refractivity contribution < 1.29 is 13.6 Å². The summed E-state index contributed by atoms with van der Waals surface area (Å²) < 4.78 is 26.1. The van der Waals surface area contributed by atoms with Gasteiger partial charge in [0, 0.05) is 18.0 Å². The van der Waals surface area contributed by atoms with E-state index in [-0.39, 0.29) is 11.1 Å². The molecule has 2 rings (SSSR count). The Morgan fingerprint density at radius 2 is 2.05 bits per heavy atom. The minimum atomic E-state index is -1.21. The van der Waals surface area contributed by atoms with Gasteiger partial charge in [-0.1, -0.05) is 6.07 Å². The zero-order valence-electron chi connectivity index (χ0n) is 11.5. The molecule has 0 radical (unpaired) electrons. The Morgan fingerprint density at radius 1 is 1.32 bits per heavy atom. The Morgan fingerprint density at radius 3 is 2.64 bits per heavy atom. The lowest BCUT2D eigenvalue weighted by Crippen LogP contribution is -2.31. The molecule has 0 unspecified atom stereocenters.